The van der Waals surface area contributed by atoms with Crippen molar-refractivity contribution < 1.29 is 4.42 Å². The topological polar surface area (TPSA) is 54.5 Å². The van der Waals surface area contributed by atoms with Gasteiger partial charge < -0.3 is 9.32 Å². The summed E-state index contributed by atoms with van der Waals surface area (Å²) in [5.41, 5.74) is 0.890. The molecule has 0 unspecified atom stereocenters. The molecule has 0 amide bonds. The van der Waals surface area contributed by atoms with E-state index in [0.29, 0.717) is 5.89 Å². The predicted molar refractivity (Wildman–Crippen MR) is 61.6 cm³/mol. The van der Waals surface area contributed by atoms with Gasteiger partial charge in [0.05, 0.1) is 6.34 Å². The van der Waals surface area contributed by atoms with Crippen LogP contribution in [0.2, 0.25) is 0 Å². The lowest BCUT2D eigenvalue weighted by Crippen LogP contribution is -2.06. The molecule has 1 aromatic heterocycles. The van der Waals surface area contributed by atoms with E-state index in [9.17, 15) is 0 Å². The number of hydrogen-bond donors (Lipinski definition) is 0. The highest BCUT2D eigenvalue weighted by Crippen LogP contribution is 2.20. The molecule has 0 atom stereocenters. The zero-order valence-corrected chi connectivity index (χ0v) is 9.16. The van der Waals surface area contributed by atoms with Crippen LogP contribution in [0.4, 0.5) is 6.01 Å². The second-order valence-electron chi connectivity index (χ2n) is 3.46. The molecule has 0 bridgehead atoms. The van der Waals surface area contributed by atoms with Crippen molar-refractivity contribution in [3.63, 3.8) is 0 Å². The molecule has 2 rings (SSSR count). The van der Waals surface area contributed by atoms with E-state index in [1.54, 1.807) is 11.2 Å². The maximum atomic E-state index is 5.37. The summed E-state index contributed by atoms with van der Waals surface area (Å²) in [5.74, 6) is 0.478. The van der Waals surface area contributed by atoms with E-state index in [-0.39, 0.29) is 6.01 Å². The highest BCUT2D eigenvalue weighted by atomic mass is 16.4. The van der Waals surface area contributed by atoms with E-state index >= 15 is 0 Å². The summed E-state index contributed by atoms with van der Waals surface area (Å²) < 4.78 is 5.37. The van der Waals surface area contributed by atoms with E-state index in [4.69, 9.17) is 4.42 Å². The highest BCUT2D eigenvalue weighted by molar-refractivity contribution is 5.58. The van der Waals surface area contributed by atoms with Gasteiger partial charge in [-0.25, -0.2) is 0 Å². The fraction of sp³-hybridized carbons (Fsp3) is 0.182. The molecule has 5 nitrogen and oxygen atoms in total. The average Bonchev–Trinajstić information content (AvgIpc) is 2.76. The Kier molecular flexibility index (Phi) is 2.95. The number of rotatable bonds is 3. The van der Waals surface area contributed by atoms with Gasteiger partial charge in [-0.3, -0.25) is 0 Å². The van der Waals surface area contributed by atoms with Crippen LogP contribution in [0.25, 0.3) is 11.5 Å². The monoisotopic (exact) mass is 216 g/mol. The zero-order valence-electron chi connectivity index (χ0n) is 9.16. The van der Waals surface area contributed by atoms with Crippen LogP contribution in [0, 0.1) is 0 Å². The summed E-state index contributed by atoms with van der Waals surface area (Å²) in [5, 5.41) is 7.74. The van der Waals surface area contributed by atoms with E-state index in [2.05, 4.69) is 15.2 Å². The fourth-order valence-electron chi connectivity index (χ4n) is 1.13. The van der Waals surface area contributed by atoms with Crippen molar-refractivity contribution in [2.45, 2.75) is 0 Å². The third-order valence-corrected chi connectivity index (χ3v) is 1.83. The quantitative estimate of drug-likeness (QED) is 0.581. The molecule has 0 saturated heterocycles. The first-order chi connectivity index (χ1) is 7.75. The minimum absolute atomic E-state index is 0.257. The van der Waals surface area contributed by atoms with Crippen LogP contribution in [-0.2, 0) is 0 Å². The number of aliphatic imine (C=N–C) groups is 1. The Hall–Kier alpha value is -2.17. The van der Waals surface area contributed by atoms with Crippen LogP contribution >= 0.6 is 0 Å². The van der Waals surface area contributed by atoms with Crippen LogP contribution in [0.3, 0.4) is 0 Å². The summed E-state index contributed by atoms with van der Waals surface area (Å²) in [6.07, 6.45) is 1.61. The van der Waals surface area contributed by atoms with Gasteiger partial charge in [-0.2, -0.15) is 4.99 Å². The lowest BCUT2D eigenvalue weighted by molar-refractivity contribution is 0.574. The number of nitrogens with zero attached hydrogens (tertiary/aromatic N) is 4. The van der Waals surface area contributed by atoms with Crippen molar-refractivity contribution in [1.29, 1.82) is 0 Å². The third kappa shape index (κ3) is 2.44. The first kappa shape index (κ1) is 10.4. The maximum absolute atomic E-state index is 5.37. The van der Waals surface area contributed by atoms with Crippen LogP contribution in [-0.4, -0.2) is 35.5 Å². The van der Waals surface area contributed by atoms with Gasteiger partial charge in [0.15, 0.2) is 0 Å². The first-order valence-corrected chi connectivity index (χ1v) is 4.85. The highest BCUT2D eigenvalue weighted by Gasteiger charge is 2.05. The summed E-state index contributed by atoms with van der Waals surface area (Å²) in [7, 11) is 3.75. The predicted octanol–water partition coefficient (Wildman–Crippen LogP) is 1.96. The molecular weight excluding hydrogens is 204 g/mol. The van der Waals surface area contributed by atoms with Gasteiger partial charge >= 0.3 is 6.01 Å². The lowest BCUT2D eigenvalue weighted by atomic mass is 10.2. The van der Waals surface area contributed by atoms with Crippen molar-refractivity contribution in [2.75, 3.05) is 14.1 Å². The summed E-state index contributed by atoms with van der Waals surface area (Å²) in [4.78, 5) is 5.81. The Bertz CT molecular complexity index is 476. The van der Waals surface area contributed by atoms with Crippen LogP contribution in [0.5, 0.6) is 0 Å². The molecule has 16 heavy (non-hydrogen) atoms. The van der Waals surface area contributed by atoms with E-state index < -0.39 is 0 Å². The lowest BCUT2D eigenvalue weighted by Gasteiger charge is -1.99. The molecule has 5 heteroatoms. The Morgan fingerprint density at radius 2 is 1.94 bits per heavy atom. The third-order valence-electron chi connectivity index (χ3n) is 1.83. The smallest absolute Gasteiger partial charge is 0.344 e. The van der Waals surface area contributed by atoms with Crippen molar-refractivity contribution >= 4 is 12.4 Å². The minimum atomic E-state index is 0.257. The van der Waals surface area contributed by atoms with Crippen molar-refractivity contribution in [2.24, 2.45) is 4.99 Å². The van der Waals surface area contributed by atoms with Gasteiger partial charge in [-0.05, 0) is 12.1 Å². The summed E-state index contributed by atoms with van der Waals surface area (Å²) in [6.45, 7) is 0. The molecule has 1 heterocycles. The van der Waals surface area contributed by atoms with E-state index in [1.807, 2.05) is 44.4 Å². The molecule has 0 N–H and O–H groups in total. The van der Waals surface area contributed by atoms with Crippen LogP contribution in [0.1, 0.15) is 0 Å². The summed E-state index contributed by atoms with van der Waals surface area (Å²) >= 11 is 0. The molecule has 0 saturated carbocycles. The Morgan fingerprint density at radius 3 is 2.62 bits per heavy atom. The van der Waals surface area contributed by atoms with Gasteiger partial charge in [0.1, 0.15) is 0 Å². The minimum Gasteiger partial charge on any atom is -0.402 e. The molecule has 2 aromatic rings. The normalized spacial score (nSPS) is 10.9. The number of benzene rings is 1. The Balaban J connectivity index is 2.20. The average molecular weight is 216 g/mol. The molecule has 1 aromatic carbocycles. The molecular formula is C11H12N4O. The molecule has 0 aliphatic heterocycles. The molecule has 0 aliphatic rings. The SMILES string of the molecule is CN(C)/C=N/c1nnc(-c2ccccc2)o1. The molecule has 82 valence electrons. The summed E-state index contributed by atoms with van der Waals surface area (Å²) in [6, 6.07) is 9.85. The van der Waals surface area contributed by atoms with E-state index in [0.717, 1.165) is 5.56 Å². The van der Waals surface area contributed by atoms with Gasteiger partial charge in [-0.15, -0.1) is 5.10 Å². The molecule has 0 radical (unpaired) electrons. The largest absolute Gasteiger partial charge is 0.402 e. The Labute approximate surface area is 93.4 Å². The van der Waals surface area contributed by atoms with Gasteiger partial charge in [0, 0.05) is 19.7 Å². The first-order valence-electron chi connectivity index (χ1n) is 4.85. The van der Waals surface area contributed by atoms with Crippen molar-refractivity contribution in [3.05, 3.63) is 30.3 Å². The number of aromatic nitrogens is 2. The molecule has 0 fully saturated rings. The van der Waals surface area contributed by atoms with Gasteiger partial charge in [-0.1, -0.05) is 23.3 Å². The molecule has 0 spiro atoms. The van der Waals surface area contributed by atoms with Crippen LogP contribution in [0.15, 0.2) is 39.7 Å². The van der Waals surface area contributed by atoms with E-state index in [1.165, 1.54) is 0 Å². The van der Waals surface area contributed by atoms with Crippen molar-refractivity contribution in [1.82, 2.24) is 15.1 Å². The standard InChI is InChI=1S/C11H12N4O/c1-15(2)8-12-11-14-13-10(16-11)9-6-4-3-5-7-9/h3-8H,1-2H3/b12-8+. The van der Waals surface area contributed by atoms with Crippen molar-refractivity contribution in [3.8, 4) is 11.5 Å². The van der Waals surface area contributed by atoms with Crippen LogP contribution < -0.4 is 0 Å². The number of hydrogen-bond acceptors (Lipinski definition) is 4. The maximum Gasteiger partial charge on any atom is 0.344 e. The second kappa shape index (κ2) is 4.57. The molecule has 0 aliphatic carbocycles. The zero-order chi connectivity index (χ0) is 11.4. The van der Waals surface area contributed by atoms with Gasteiger partial charge in [0.2, 0.25) is 5.89 Å². The fourth-order valence-corrected chi connectivity index (χ4v) is 1.13. The van der Waals surface area contributed by atoms with Gasteiger partial charge in [0.25, 0.3) is 0 Å². The Morgan fingerprint density at radius 1 is 1.19 bits per heavy atom. The second-order valence-corrected chi connectivity index (χ2v) is 3.46.